The van der Waals surface area contributed by atoms with Gasteiger partial charge in [-0.15, -0.1) is 0 Å². The van der Waals surface area contributed by atoms with Crippen molar-refractivity contribution in [2.75, 3.05) is 12.4 Å². The molecule has 1 aromatic rings. The van der Waals surface area contributed by atoms with E-state index in [0.717, 1.165) is 19.4 Å². The number of esters is 3. The van der Waals surface area contributed by atoms with Gasteiger partial charge in [0.2, 0.25) is 0 Å². The van der Waals surface area contributed by atoms with Crippen molar-refractivity contribution < 1.29 is 38.1 Å². The molecule has 2 rings (SSSR count). The summed E-state index contributed by atoms with van der Waals surface area (Å²) in [6.07, 6.45) is 0.925. The van der Waals surface area contributed by atoms with Crippen molar-refractivity contribution >= 4 is 23.6 Å². The number of nitrogens with one attached hydrogen (secondary N) is 1. The first-order valence-electron chi connectivity index (χ1n) is 6.69. The molecule has 0 aromatic heterocycles. The van der Waals surface area contributed by atoms with Crippen LogP contribution in [-0.4, -0.2) is 35.9 Å². The molecule has 2 N–H and O–H groups in total. The minimum absolute atomic E-state index is 0.130. The molecule has 0 atom stereocenters. The molecule has 0 amide bonds. The topological polar surface area (TPSA) is 111 Å². The van der Waals surface area contributed by atoms with Crippen molar-refractivity contribution in [3.63, 3.8) is 0 Å². The van der Waals surface area contributed by atoms with E-state index in [1.807, 2.05) is 0 Å². The summed E-state index contributed by atoms with van der Waals surface area (Å²) in [7, 11) is 1.07. The SMILES string of the molecule is COC(=O)c1cc(NC=C2C(=O)OC(C)(C)OC2=O)c(O)cc1F. The summed E-state index contributed by atoms with van der Waals surface area (Å²) in [4.78, 5) is 35.0. The highest BCUT2D eigenvalue weighted by molar-refractivity contribution is 6.15. The van der Waals surface area contributed by atoms with E-state index in [1.54, 1.807) is 0 Å². The third-order valence-corrected chi connectivity index (χ3v) is 2.98. The number of cyclic esters (lactones) is 2. The van der Waals surface area contributed by atoms with Crippen molar-refractivity contribution in [2.45, 2.75) is 19.6 Å². The van der Waals surface area contributed by atoms with Gasteiger partial charge in [0.25, 0.3) is 5.79 Å². The predicted octanol–water partition coefficient (Wildman–Crippen LogP) is 1.45. The summed E-state index contributed by atoms with van der Waals surface area (Å²) in [6.45, 7) is 2.78. The Balaban J connectivity index is 2.30. The number of hydrogen-bond donors (Lipinski definition) is 2. The van der Waals surface area contributed by atoms with Gasteiger partial charge in [-0.05, 0) is 6.07 Å². The molecule has 0 saturated carbocycles. The van der Waals surface area contributed by atoms with Gasteiger partial charge in [-0.1, -0.05) is 0 Å². The average Bonchev–Trinajstić information content (AvgIpc) is 2.46. The third kappa shape index (κ3) is 3.45. The van der Waals surface area contributed by atoms with E-state index < -0.39 is 46.4 Å². The molecule has 1 heterocycles. The van der Waals surface area contributed by atoms with Crippen LogP contribution in [0.4, 0.5) is 10.1 Å². The number of hydrogen-bond acceptors (Lipinski definition) is 8. The minimum atomic E-state index is -1.39. The van der Waals surface area contributed by atoms with Gasteiger partial charge >= 0.3 is 17.9 Å². The molecule has 24 heavy (non-hydrogen) atoms. The van der Waals surface area contributed by atoms with E-state index in [1.165, 1.54) is 13.8 Å². The van der Waals surface area contributed by atoms with Gasteiger partial charge in [0, 0.05) is 26.1 Å². The monoisotopic (exact) mass is 339 g/mol. The first-order chi connectivity index (χ1) is 11.1. The number of anilines is 1. The van der Waals surface area contributed by atoms with Crippen LogP contribution in [0.5, 0.6) is 5.75 Å². The van der Waals surface area contributed by atoms with Gasteiger partial charge < -0.3 is 24.6 Å². The molecule has 0 unspecified atom stereocenters. The average molecular weight is 339 g/mol. The fraction of sp³-hybridized carbons (Fsp3) is 0.267. The lowest BCUT2D eigenvalue weighted by atomic mass is 10.1. The second-order valence-electron chi connectivity index (χ2n) is 5.22. The Morgan fingerprint density at radius 2 is 1.88 bits per heavy atom. The number of carbonyl (C=O) groups is 3. The van der Waals surface area contributed by atoms with Crippen LogP contribution in [0.2, 0.25) is 0 Å². The zero-order valence-corrected chi connectivity index (χ0v) is 13.0. The third-order valence-electron chi connectivity index (χ3n) is 2.98. The number of rotatable bonds is 3. The predicted molar refractivity (Wildman–Crippen MR) is 77.4 cm³/mol. The molecule has 0 aliphatic carbocycles. The second-order valence-corrected chi connectivity index (χ2v) is 5.22. The molecule has 1 aliphatic heterocycles. The zero-order chi connectivity index (χ0) is 18.1. The van der Waals surface area contributed by atoms with Gasteiger partial charge in [0.05, 0.1) is 18.4 Å². The number of carbonyl (C=O) groups excluding carboxylic acids is 3. The normalized spacial score (nSPS) is 16.1. The van der Waals surface area contributed by atoms with E-state index in [2.05, 4.69) is 10.1 Å². The standard InChI is InChI=1S/C15H14FNO7/c1-15(2)23-13(20)8(14(21)24-15)6-17-10-4-7(12(19)22-3)9(16)5-11(10)18/h4-6,17-18H,1-3H3. The summed E-state index contributed by atoms with van der Waals surface area (Å²) >= 11 is 0. The van der Waals surface area contributed by atoms with Crippen molar-refractivity contribution in [2.24, 2.45) is 0 Å². The fourth-order valence-corrected chi connectivity index (χ4v) is 1.87. The molecule has 8 nitrogen and oxygen atoms in total. The summed E-state index contributed by atoms with van der Waals surface area (Å²) < 4.78 is 27.8. The Morgan fingerprint density at radius 1 is 1.29 bits per heavy atom. The molecule has 0 spiro atoms. The van der Waals surface area contributed by atoms with E-state index >= 15 is 0 Å². The Bertz CT molecular complexity index is 732. The summed E-state index contributed by atoms with van der Waals surface area (Å²) in [6, 6.07) is 1.66. The first kappa shape index (κ1) is 17.3. The van der Waals surface area contributed by atoms with E-state index in [9.17, 15) is 23.9 Å². The van der Waals surface area contributed by atoms with Gasteiger partial charge in [-0.2, -0.15) is 0 Å². The second kappa shape index (κ2) is 6.19. The van der Waals surface area contributed by atoms with Gasteiger partial charge in [0.1, 0.15) is 11.6 Å². The molecule has 0 bridgehead atoms. The van der Waals surface area contributed by atoms with Crippen LogP contribution >= 0.6 is 0 Å². The van der Waals surface area contributed by atoms with E-state index in [4.69, 9.17) is 9.47 Å². The van der Waals surface area contributed by atoms with Crippen molar-refractivity contribution in [3.8, 4) is 5.75 Å². The number of phenols is 1. The maximum Gasteiger partial charge on any atom is 0.350 e. The molecule has 9 heteroatoms. The van der Waals surface area contributed by atoms with Crippen LogP contribution < -0.4 is 5.32 Å². The number of methoxy groups -OCH3 is 1. The first-order valence-corrected chi connectivity index (χ1v) is 6.69. The summed E-state index contributed by atoms with van der Waals surface area (Å²) in [5.74, 6) is -5.74. The fourth-order valence-electron chi connectivity index (χ4n) is 1.87. The smallest absolute Gasteiger partial charge is 0.350 e. The quantitative estimate of drug-likeness (QED) is 0.368. The number of benzene rings is 1. The highest BCUT2D eigenvalue weighted by atomic mass is 19.1. The Labute approximate surface area is 135 Å². The largest absolute Gasteiger partial charge is 0.506 e. The van der Waals surface area contributed by atoms with Gasteiger partial charge in [-0.25, -0.2) is 18.8 Å². The maximum absolute atomic E-state index is 13.6. The van der Waals surface area contributed by atoms with Gasteiger partial charge in [0.15, 0.2) is 5.57 Å². The van der Waals surface area contributed by atoms with Crippen LogP contribution in [-0.2, 0) is 23.8 Å². The van der Waals surface area contributed by atoms with Crippen LogP contribution in [0.15, 0.2) is 23.9 Å². The molecular formula is C15H14FNO7. The van der Waals surface area contributed by atoms with Crippen LogP contribution in [0.1, 0.15) is 24.2 Å². The lowest BCUT2D eigenvalue weighted by molar-refractivity contribution is -0.222. The van der Waals surface area contributed by atoms with Crippen molar-refractivity contribution in [3.05, 3.63) is 35.3 Å². The summed E-state index contributed by atoms with van der Waals surface area (Å²) in [5, 5.41) is 12.1. The number of aromatic hydroxyl groups is 1. The lowest BCUT2D eigenvalue weighted by Crippen LogP contribution is -2.42. The molecular weight excluding hydrogens is 325 g/mol. The Hall–Kier alpha value is -3.10. The minimum Gasteiger partial charge on any atom is -0.506 e. The molecule has 1 saturated heterocycles. The number of phenolic OH excluding ortho intramolecular Hbond substituents is 1. The van der Waals surface area contributed by atoms with E-state index in [0.29, 0.717) is 6.07 Å². The van der Waals surface area contributed by atoms with E-state index in [-0.39, 0.29) is 5.69 Å². The van der Waals surface area contributed by atoms with Crippen molar-refractivity contribution in [1.29, 1.82) is 0 Å². The molecule has 1 fully saturated rings. The lowest BCUT2D eigenvalue weighted by Gasteiger charge is -2.29. The highest BCUT2D eigenvalue weighted by Gasteiger charge is 2.39. The Morgan fingerprint density at radius 3 is 2.42 bits per heavy atom. The van der Waals surface area contributed by atoms with Crippen LogP contribution in [0.3, 0.4) is 0 Å². The zero-order valence-electron chi connectivity index (χ0n) is 13.0. The van der Waals surface area contributed by atoms with Gasteiger partial charge in [-0.3, -0.25) is 0 Å². The molecule has 1 aromatic carbocycles. The van der Waals surface area contributed by atoms with Crippen LogP contribution in [0.25, 0.3) is 0 Å². The summed E-state index contributed by atoms with van der Waals surface area (Å²) in [5.41, 5.74) is -1.03. The molecule has 128 valence electrons. The van der Waals surface area contributed by atoms with Crippen molar-refractivity contribution in [1.82, 2.24) is 0 Å². The Kier molecular flexibility index (Phi) is 4.45. The molecule has 0 radical (unpaired) electrons. The highest BCUT2D eigenvalue weighted by Crippen LogP contribution is 2.28. The van der Waals surface area contributed by atoms with Crippen LogP contribution in [0, 0.1) is 5.82 Å². The number of halogens is 1. The maximum atomic E-state index is 13.6. The number of ether oxygens (including phenoxy) is 3. The molecule has 1 aliphatic rings.